The Kier molecular flexibility index (Phi) is 6.46. The van der Waals surface area contributed by atoms with Gasteiger partial charge in [0, 0.05) is 13.1 Å². The SMILES string of the molecule is O=C(OC(c1ccccc1)c1ccccc1)c1ccc(S(=O)(=O)N2CCOCC2)cc1. The van der Waals surface area contributed by atoms with Gasteiger partial charge in [-0.05, 0) is 35.4 Å². The Hall–Kier alpha value is -3.00. The van der Waals surface area contributed by atoms with Gasteiger partial charge < -0.3 is 9.47 Å². The van der Waals surface area contributed by atoms with Crippen molar-refractivity contribution in [2.45, 2.75) is 11.0 Å². The van der Waals surface area contributed by atoms with Gasteiger partial charge in [0.2, 0.25) is 10.0 Å². The normalized spacial score (nSPS) is 15.0. The summed E-state index contributed by atoms with van der Waals surface area (Å²) in [4.78, 5) is 13.0. The number of sulfonamides is 1. The fourth-order valence-electron chi connectivity index (χ4n) is 3.46. The summed E-state index contributed by atoms with van der Waals surface area (Å²) in [6.45, 7) is 1.40. The minimum Gasteiger partial charge on any atom is -0.449 e. The molecule has 0 atom stereocenters. The van der Waals surface area contributed by atoms with Crippen LogP contribution in [0.25, 0.3) is 0 Å². The van der Waals surface area contributed by atoms with Crippen LogP contribution in [0, 0.1) is 0 Å². The molecule has 0 bridgehead atoms. The van der Waals surface area contributed by atoms with Crippen LogP contribution in [0.2, 0.25) is 0 Å². The summed E-state index contributed by atoms with van der Waals surface area (Å²) in [5.41, 5.74) is 2.00. The molecule has 0 spiro atoms. The van der Waals surface area contributed by atoms with E-state index in [1.165, 1.54) is 28.6 Å². The molecule has 4 rings (SSSR count). The number of nitrogens with zero attached hydrogens (tertiary/aromatic N) is 1. The molecule has 0 unspecified atom stereocenters. The highest BCUT2D eigenvalue weighted by Crippen LogP contribution is 2.27. The molecule has 1 aliphatic heterocycles. The molecule has 160 valence electrons. The van der Waals surface area contributed by atoms with Gasteiger partial charge >= 0.3 is 5.97 Å². The van der Waals surface area contributed by atoms with Crippen molar-refractivity contribution in [1.29, 1.82) is 0 Å². The van der Waals surface area contributed by atoms with Crippen molar-refractivity contribution < 1.29 is 22.7 Å². The molecule has 0 amide bonds. The molecule has 3 aromatic carbocycles. The van der Waals surface area contributed by atoms with Gasteiger partial charge in [0.1, 0.15) is 0 Å². The second kappa shape index (κ2) is 9.43. The molecule has 1 aliphatic rings. The first-order valence-electron chi connectivity index (χ1n) is 10.0. The van der Waals surface area contributed by atoms with E-state index < -0.39 is 22.1 Å². The predicted octanol–water partition coefficient (Wildman–Crippen LogP) is 3.65. The van der Waals surface area contributed by atoms with Crippen LogP contribution in [0.5, 0.6) is 0 Å². The Morgan fingerprint density at radius 2 is 1.32 bits per heavy atom. The van der Waals surface area contributed by atoms with Crippen molar-refractivity contribution in [1.82, 2.24) is 4.31 Å². The van der Waals surface area contributed by atoms with E-state index in [2.05, 4.69) is 0 Å². The molecule has 3 aromatic rings. The van der Waals surface area contributed by atoms with Gasteiger partial charge in [-0.1, -0.05) is 60.7 Å². The van der Waals surface area contributed by atoms with Crippen LogP contribution in [0.4, 0.5) is 0 Å². The molecule has 0 aromatic heterocycles. The topological polar surface area (TPSA) is 72.9 Å². The third-order valence-electron chi connectivity index (χ3n) is 5.13. The van der Waals surface area contributed by atoms with Crippen LogP contribution in [0.1, 0.15) is 27.6 Å². The first kappa shape index (κ1) is 21.2. The summed E-state index contributed by atoms with van der Waals surface area (Å²) >= 11 is 0. The number of carbonyl (C=O) groups excluding carboxylic acids is 1. The highest BCUT2D eigenvalue weighted by atomic mass is 32.2. The number of esters is 1. The lowest BCUT2D eigenvalue weighted by atomic mass is 10.0. The second-order valence-electron chi connectivity index (χ2n) is 7.15. The minimum absolute atomic E-state index is 0.147. The summed E-state index contributed by atoms with van der Waals surface area (Å²) in [5.74, 6) is -0.520. The molecule has 7 heteroatoms. The van der Waals surface area contributed by atoms with E-state index in [0.717, 1.165) is 11.1 Å². The van der Waals surface area contributed by atoms with E-state index in [1.54, 1.807) is 0 Å². The summed E-state index contributed by atoms with van der Waals surface area (Å²) < 4.78 is 38.0. The third-order valence-corrected chi connectivity index (χ3v) is 7.04. The molecule has 0 N–H and O–H groups in total. The molecule has 1 heterocycles. The van der Waals surface area contributed by atoms with Gasteiger partial charge in [0.25, 0.3) is 0 Å². The van der Waals surface area contributed by atoms with Crippen LogP contribution in [-0.4, -0.2) is 45.0 Å². The minimum atomic E-state index is -3.61. The van der Waals surface area contributed by atoms with E-state index in [9.17, 15) is 13.2 Å². The van der Waals surface area contributed by atoms with E-state index >= 15 is 0 Å². The van der Waals surface area contributed by atoms with Crippen molar-refractivity contribution in [3.63, 3.8) is 0 Å². The number of ether oxygens (including phenoxy) is 2. The van der Waals surface area contributed by atoms with E-state index in [0.29, 0.717) is 26.3 Å². The summed E-state index contributed by atoms with van der Waals surface area (Å²) in [5, 5.41) is 0. The predicted molar refractivity (Wildman–Crippen MR) is 116 cm³/mol. The van der Waals surface area contributed by atoms with Gasteiger partial charge in [0.15, 0.2) is 6.10 Å². The molecule has 6 nitrogen and oxygen atoms in total. The van der Waals surface area contributed by atoms with Crippen LogP contribution in [0.3, 0.4) is 0 Å². The van der Waals surface area contributed by atoms with Crippen LogP contribution >= 0.6 is 0 Å². The van der Waals surface area contributed by atoms with Crippen molar-refractivity contribution in [2.75, 3.05) is 26.3 Å². The number of carbonyl (C=O) groups is 1. The average Bonchev–Trinajstić information content (AvgIpc) is 2.84. The van der Waals surface area contributed by atoms with E-state index in [1.807, 2.05) is 60.7 Å². The molecular weight excluding hydrogens is 414 g/mol. The van der Waals surface area contributed by atoms with Crippen molar-refractivity contribution in [3.05, 3.63) is 102 Å². The molecule has 0 saturated carbocycles. The lowest BCUT2D eigenvalue weighted by Crippen LogP contribution is -2.40. The summed E-state index contributed by atoms with van der Waals surface area (Å²) in [6, 6.07) is 24.9. The monoisotopic (exact) mass is 437 g/mol. The zero-order valence-electron chi connectivity index (χ0n) is 16.9. The third kappa shape index (κ3) is 4.85. The molecular formula is C24H23NO5S. The maximum atomic E-state index is 12.9. The Labute approximate surface area is 182 Å². The number of hydrogen-bond donors (Lipinski definition) is 0. The molecule has 1 fully saturated rings. The molecule has 0 aliphatic carbocycles. The number of morpholine rings is 1. The Morgan fingerprint density at radius 1 is 0.806 bits per heavy atom. The smallest absolute Gasteiger partial charge is 0.339 e. The average molecular weight is 438 g/mol. The van der Waals surface area contributed by atoms with Gasteiger partial charge in [-0.3, -0.25) is 0 Å². The Bertz CT molecular complexity index is 1070. The Balaban J connectivity index is 1.54. The highest BCUT2D eigenvalue weighted by Gasteiger charge is 2.27. The largest absolute Gasteiger partial charge is 0.449 e. The fourth-order valence-corrected chi connectivity index (χ4v) is 4.87. The lowest BCUT2D eigenvalue weighted by molar-refractivity contribution is 0.0378. The van der Waals surface area contributed by atoms with Crippen LogP contribution < -0.4 is 0 Å². The van der Waals surface area contributed by atoms with Gasteiger partial charge in [-0.15, -0.1) is 0 Å². The first-order valence-corrected chi connectivity index (χ1v) is 11.5. The Morgan fingerprint density at radius 3 is 1.84 bits per heavy atom. The fraction of sp³-hybridized carbons (Fsp3) is 0.208. The summed E-state index contributed by atoms with van der Waals surface area (Å²) in [7, 11) is -3.61. The maximum absolute atomic E-state index is 12.9. The van der Waals surface area contributed by atoms with Gasteiger partial charge in [-0.25, -0.2) is 13.2 Å². The van der Waals surface area contributed by atoms with Crippen LogP contribution in [0.15, 0.2) is 89.8 Å². The van der Waals surface area contributed by atoms with Gasteiger partial charge in [0.05, 0.1) is 23.7 Å². The van der Waals surface area contributed by atoms with Crippen molar-refractivity contribution in [2.24, 2.45) is 0 Å². The zero-order valence-corrected chi connectivity index (χ0v) is 17.7. The van der Waals surface area contributed by atoms with Crippen LogP contribution in [-0.2, 0) is 19.5 Å². The number of hydrogen-bond acceptors (Lipinski definition) is 5. The first-order chi connectivity index (χ1) is 15.1. The number of rotatable bonds is 6. The van der Waals surface area contributed by atoms with E-state index in [4.69, 9.17) is 9.47 Å². The molecule has 31 heavy (non-hydrogen) atoms. The van der Waals surface area contributed by atoms with Crippen molar-refractivity contribution in [3.8, 4) is 0 Å². The standard InChI is InChI=1S/C24H23NO5S/c26-24(30-23(19-7-3-1-4-8-19)20-9-5-2-6-10-20)21-11-13-22(14-12-21)31(27,28)25-15-17-29-18-16-25/h1-14,23H,15-18H2. The summed E-state index contributed by atoms with van der Waals surface area (Å²) in [6.07, 6.45) is -0.563. The second-order valence-corrected chi connectivity index (χ2v) is 9.09. The molecule has 0 radical (unpaired) electrons. The van der Waals surface area contributed by atoms with Crippen molar-refractivity contribution >= 4 is 16.0 Å². The highest BCUT2D eigenvalue weighted by molar-refractivity contribution is 7.89. The quantitative estimate of drug-likeness (QED) is 0.551. The zero-order chi connectivity index (χ0) is 21.7. The van der Waals surface area contributed by atoms with Gasteiger partial charge in [-0.2, -0.15) is 4.31 Å². The molecule has 1 saturated heterocycles. The van der Waals surface area contributed by atoms with E-state index in [-0.39, 0.29) is 10.5 Å². The lowest BCUT2D eigenvalue weighted by Gasteiger charge is -2.26. The maximum Gasteiger partial charge on any atom is 0.339 e. The number of benzene rings is 3.